The Labute approximate surface area is 500 Å². The molecular weight excluding hydrogens is 1180 g/mol. The van der Waals surface area contributed by atoms with Gasteiger partial charge in [-0.25, -0.2) is 9.48 Å². The number of hydrogen-bond acceptors (Lipinski definition) is 30. The molecular formula is C55H75N5O28. The highest BCUT2D eigenvalue weighted by molar-refractivity contribution is 6.31. The predicted molar refractivity (Wildman–Crippen MR) is 288 cm³/mol. The number of carboxylic acid groups (broad SMARTS) is 1. The molecule has 18 N–H and O–H groups in total. The van der Waals surface area contributed by atoms with Crippen molar-refractivity contribution in [2.45, 2.75) is 180 Å². The smallest absolute Gasteiger partial charge is 0.364 e. The Morgan fingerprint density at radius 1 is 0.875 bits per heavy atom. The fourth-order valence-corrected chi connectivity index (χ4v) is 12.0. The molecule has 0 bridgehead atoms. The molecule has 1 saturated carbocycles. The maximum absolute atomic E-state index is 14.1. The van der Waals surface area contributed by atoms with E-state index < -0.39 is 238 Å². The number of nitrogens with zero attached hydrogens (tertiary/aromatic N) is 3. The first-order valence-electron chi connectivity index (χ1n) is 28.1. The number of hydrogen-bond donors (Lipinski definition) is 18. The van der Waals surface area contributed by atoms with E-state index in [1.807, 2.05) is 0 Å². The number of aliphatic hydroxyl groups excluding tert-OH is 12. The number of ether oxygens (including phenoxy) is 7. The lowest BCUT2D eigenvalue weighted by Crippen LogP contribution is -2.68. The molecule has 8 rings (SSSR count). The number of phenolic OH excluding ortho intramolecular Hbond substituents is 2. The Bertz CT molecular complexity index is 3020. The van der Waals surface area contributed by atoms with Crippen molar-refractivity contribution in [3.05, 3.63) is 63.5 Å². The molecule has 2 aromatic carbocycles. The Balaban J connectivity index is 0.854. The van der Waals surface area contributed by atoms with E-state index in [0.29, 0.717) is 0 Å². The van der Waals surface area contributed by atoms with Crippen molar-refractivity contribution < 1.29 is 139 Å². The molecule has 0 spiro atoms. The van der Waals surface area contributed by atoms with Gasteiger partial charge in [0.05, 0.1) is 105 Å². The van der Waals surface area contributed by atoms with Crippen molar-refractivity contribution in [3.63, 3.8) is 0 Å². The summed E-state index contributed by atoms with van der Waals surface area (Å²) in [4.78, 5) is 66.0. The minimum atomic E-state index is -2.75. The number of aromatic nitrogens is 3. The summed E-state index contributed by atoms with van der Waals surface area (Å²) >= 11 is 0. The average molecular weight is 1250 g/mol. The number of fused-ring (bicyclic) bond motifs is 3. The van der Waals surface area contributed by atoms with Gasteiger partial charge in [0.25, 0.3) is 5.79 Å². The number of aromatic hydroxyl groups is 2. The van der Waals surface area contributed by atoms with E-state index in [2.05, 4.69) is 20.9 Å². The highest BCUT2D eigenvalue weighted by Crippen LogP contribution is 2.53. The first-order chi connectivity index (χ1) is 41.5. The molecule has 3 heterocycles. The van der Waals surface area contributed by atoms with Gasteiger partial charge in [-0.3, -0.25) is 19.2 Å². The normalized spacial score (nSPS) is 32.6. The molecule has 3 aromatic rings. The van der Waals surface area contributed by atoms with Crippen LogP contribution >= 0.6 is 0 Å². The van der Waals surface area contributed by atoms with Crippen LogP contribution in [-0.4, -0.2) is 282 Å². The summed E-state index contributed by atoms with van der Waals surface area (Å²) in [6.45, 7) is -1.51. The lowest BCUT2D eigenvalue weighted by molar-refractivity contribution is -0.317. The van der Waals surface area contributed by atoms with E-state index in [1.165, 1.54) is 45.5 Å². The van der Waals surface area contributed by atoms with Crippen molar-refractivity contribution in [3.8, 4) is 17.2 Å². The quantitative estimate of drug-likeness (QED) is 0.0274. The van der Waals surface area contributed by atoms with Gasteiger partial charge in [-0.2, -0.15) is 0 Å². The number of aliphatic hydroxyl groups is 13. The monoisotopic (exact) mass is 1250 g/mol. The Morgan fingerprint density at radius 3 is 2.23 bits per heavy atom. The maximum Gasteiger partial charge on any atom is 0.364 e. The first kappa shape index (κ1) is 68.0. The Morgan fingerprint density at radius 2 is 1.57 bits per heavy atom. The molecule has 33 nitrogen and oxygen atoms in total. The Hall–Kier alpha value is -5.87. The third-order valence-corrected chi connectivity index (χ3v) is 16.9. The molecule has 1 aromatic heterocycles. The van der Waals surface area contributed by atoms with Crippen LogP contribution in [0.1, 0.15) is 94.3 Å². The number of amides is 1. The summed E-state index contributed by atoms with van der Waals surface area (Å²) in [5.74, 6) is -10.9. The second-order valence-corrected chi connectivity index (χ2v) is 22.8. The molecule has 88 heavy (non-hydrogen) atoms. The number of rotatable bonds is 25. The maximum atomic E-state index is 14.1. The molecule has 2 aliphatic heterocycles. The largest absolute Gasteiger partial charge is 0.507 e. The summed E-state index contributed by atoms with van der Waals surface area (Å²) in [7, 11) is 2.51. The van der Waals surface area contributed by atoms with Gasteiger partial charge in [-0.15, -0.1) is 5.10 Å². The molecule has 3 aliphatic carbocycles. The van der Waals surface area contributed by atoms with Crippen LogP contribution < -0.4 is 15.4 Å². The van der Waals surface area contributed by atoms with E-state index in [0.717, 1.165) is 11.6 Å². The summed E-state index contributed by atoms with van der Waals surface area (Å²) < 4.78 is 40.6. The summed E-state index contributed by atoms with van der Waals surface area (Å²) in [6, 6.07) is 1.60. The van der Waals surface area contributed by atoms with Crippen molar-refractivity contribution in [2.24, 2.45) is 5.92 Å². The molecule has 2 saturated heterocycles. The zero-order valence-corrected chi connectivity index (χ0v) is 48.0. The standard InChI is InChI=1S/C55H75N5O28/c1-20-41(68)26(9-35(86-20)87-33-12-54(81,34(67)16-61)10-25-37(33)50(77)39-38(44(25)71)43(70)24-6-5-7-31(82-3)36(24)49(39)76)56-13-28(64)45(72)46(73)30(66)19-84-18-23-14-60(59-58-23)15-29(65)47(74)52-40(57-21(2)62)27(63)11-55(88-52,53(79)80)85-17-22-8-32(83-4)48(75)51(78)42(22)69/h5-7,14,20,22,26-30,32-33,35,40-42,45-48,51-52,56,61,63-66,68-69,71-75,77-78,81H,8-13,15-19H2,1-4H3,(H,57,62)(H,79,80). The number of nitrogens with one attached hydrogen (secondary N) is 2. The summed E-state index contributed by atoms with van der Waals surface area (Å²) in [5, 5.41) is 188. The van der Waals surface area contributed by atoms with Gasteiger partial charge in [0.15, 0.2) is 17.9 Å². The second kappa shape index (κ2) is 27.7. The third-order valence-electron chi connectivity index (χ3n) is 16.9. The number of benzene rings is 2. The molecule has 0 radical (unpaired) electrons. The Kier molecular flexibility index (Phi) is 21.4. The minimum Gasteiger partial charge on any atom is -0.507 e. The van der Waals surface area contributed by atoms with Crippen LogP contribution in [0.2, 0.25) is 0 Å². The fourth-order valence-electron chi connectivity index (χ4n) is 12.0. The second-order valence-electron chi connectivity index (χ2n) is 22.8. The van der Waals surface area contributed by atoms with Crippen molar-refractivity contribution >= 4 is 29.2 Å². The lowest BCUT2D eigenvalue weighted by atomic mass is 9.72. The number of carbonyl (C=O) groups is 5. The number of carboxylic acids is 1. The number of carbonyl (C=O) groups excluding carboxylic acids is 4. The molecule has 21 atom stereocenters. The molecule has 1 amide bonds. The van der Waals surface area contributed by atoms with Crippen LogP contribution in [0.5, 0.6) is 17.2 Å². The minimum absolute atomic E-state index is 0.00593. The van der Waals surface area contributed by atoms with Crippen LogP contribution in [0.3, 0.4) is 0 Å². The molecule has 488 valence electrons. The van der Waals surface area contributed by atoms with Crippen LogP contribution in [0.4, 0.5) is 0 Å². The first-order valence-corrected chi connectivity index (χ1v) is 28.1. The number of aliphatic carboxylic acids is 1. The van der Waals surface area contributed by atoms with Crippen molar-refractivity contribution in [1.29, 1.82) is 0 Å². The van der Waals surface area contributed by atoms with E-state index >= 15 is 0 Å². The van der Waals surface area contributed by atoms with Crippen LogP contribution in [0.15, 0.2) is 24.4 Å². The van der Waals surface area contributed by atoms with E-state index in [9.17, 15) is 106 Å². The number of methoxy groups -OCH3 is 2. The number of phenols is 2. The van der Waals surface area contributed by atoms with E-state index in [-0.39, 0.29) is 46.5 Å². The molecule has 33 heteroatoms. The molecule has 3 fully saturated rings. The highest BCUT2D eigenvalue weighted by Gasteiger charge is 2.57. The summed E-state index contributed by atoms with van der Waals surface area (Å²) in [6.07, 6.45) is -28.0. The topological polar surface area (TPSA) is 528 Å². The van der Waals surface area contributed by atoms with Crippen molar-refractivity contribution in [2.75, 3.05) is 40.6 Å². The van der Waals surface area contributed by atoms with Gasteiger partial charge in [0.1, 0.15) is 84.0 Å². The molecule has 21 unspecified atom stereocenters. The van der Waals surface area contributed by atoms with Gasteiger partial charge in [0.2, 0.25) is 11.7 Å². The molecule has 5 aliphatic rings. The number of ketones is 3. The number of Topliss-reactive ketones (excluding diaryl/α,β-unsaturated/α-hetero) is 1. The van der Waals surface area contributed by atoms with Gasteiger partial charge in [-0.05, 0) is 19.4 Å². The zero-order chi connectivity index (χ0) is 64.6. The summed E-state index contributed by atoms with van der Waals surface area (Å²) in [5.41, 5.74) is -4.61. The average Bonchev–Trinajstić information content (AvgIpc) is 0.817. The van der Waals surface area contributed by atoms with Gasteiger partial charge in [-0.1, -0.05) is 17.3 Å². The fraction of sp³-hybridized carbons (Fsp3) is 0.655. The zero-order valence-electron chi connectivity index (χ0n) is 48.0. The van der Waals surface area contributed by atoms with Gasteiger partial charge in [0, 0.05) is 74.9 Å². The van der Waals surface area contributed by atoms with Crippen molar-refractivity contribution in [1.82, 2.24) is 25.6 Å². The SMILES string of the molecule is COc1cccc2c1C(=O)c1c(O)c3c(c(O)c1C2=O)CC(O)(C(=O)CO)CC3OC1CC(NCC(O)C(O)C(O)C(O)COCc2cn(CC(O)C(O)C3OC(OCC4CC(OC)C(O)C(O)C4O)(C(=O)O)CC(O)C3NC(C)=O)nn2)C(O)C(C)O1. The van der Waals surface area contributed by atoms with Crippen LogP contribution in [0.25, 0.3) is 0 Å². The van der Waals surface area contributed by atoms with E-state index in [1.54, 1.807) is 0 Å². The lowest BCUT2D eigenvalue weighted by Gasteiger charge is -2.47. The van der Waals surface area contributed by atoms with E-state index in [4.69, 9.17) is 33.2 Å². The highest BCUT2D eigenvalue weighted by atomic mass is 16.7. The predicted octanol–water partition coefficient (Wildman–Crippen LogP) is -6.82. The van der Waals surface area contributed by atoms with Crippen LogP contribution in [-0.2, 0) is 62.4 Å². The third kappa shape index (κ3) is 13.6. The van der Waals surface area contributed by atoms with Gasteiger partial charge >= 0.3 is 5.97 Å². The van der Waals surface area contributed by atoms with Gasteiger partial charge < -0.3 is 125 Å². The van der Waals surface area contributed by atoms with Crippen LogP contribution in [0, 0.1) is 5.92 Å².